The summed E-state index contributed by atoms with van der Waals surface area (Å²) in [7, 11) is 1.62. The van der Waals surface area contributed by atoms with Crippen LogP contribution in [0.1, 0.15) is 26.2 Å². The van der Waals surface area contributed by atoms with Gasteiger partial charge in [0.05, 0.1) is 7.11 Å². The van der Waals surface area contributed by atoms with E-state index >= 15 is 0 Å². The van der Waals surface area contributed by atoms with E-state index in [4.69, 9.17) is 4.74 Å². The monoisotopic (exact) mass is 305 g/mol. The molecule has 1 heterocycles. The molecule has 2 rings (SSSR count). The summed E-state index contributed by atoms with van der Waals surface area (Å²) < 4.78 is 5.17. The summed E-state index contributed by atoms with van der Waals surface area (Å²) in [5.74, 6) is 0.749. The Morgan fingerprint density at radius 3 is 2.68 bits per heavy atom. The molecule has 1 aliphatic rings. The molecule has 0 unspecified atom stereocenters. The topological polar surface area (TPSA) is 44.8 Å². The van der Waals surface area contributed by atoms with Gasteiger partial charge in [-0.3, -0.25) is 4.90 Å². The number of rotatable bonds is 6. The van der Waals surface area contributed by atoms with Crippen LogP contribution in [0.2, 0.25) is 0 Å². The van der Waals surface area contributed by atoms with Crippen molar-refractivity contribution >= 4 is 11.7 Å². The molecule has 1 aromatic rings. The standard InChI is InChI=1S/C17H27N3O2/c1-3-4-5-9-19-10-12-20(13-11-19)17(21)18-15-7-6-8-16(14-15)22-2/h6-8,14H,3-5,9-13H2,1-2H3,(H,18,21). The van der Waals surface area contributed by atoms with Crippen molar-refractivity contribution in [3.63, 3.8) is 0 Å². The molecular weight excluding hydrogens is 278 g/mol. The summed E-state index contributed by atoms with van der Waals surface area (Å²) in [4.78, 5) is 16.6. The lowest BCUT2D eigenvalue weighted by Crippen LogP contribution is -2.50. The van der Waals surface area contributed by atoms with Crippen molar-refractivity contribution < 1.29 is 9.53 Å². The molecule has 0 bridgehead atoms. The van der Waals surface area contributed by atoms with Crippen molar-refractivity contribution in [3.05, 3.63) is 24.3 Å². The van der Waals surface area contributed by atoms with Crippen LogP contribution >= 0.6 is 0 Å². The molecular formula is C17H27N3O2. The summed E-state index contributed by atoms with van der Waals surface area (Å²) in [5, 5.41) is 2.94. The SMILES string of the molecule is CCCCCN1CCN(C(=O)Nc2cccc(OC)c2)CC1. The first-order chi connectivity index (χ1) is 10.7. The van der Waals surface area contributed by atoms with Gasteiger partial charge in [0.15, 0.2) is 0 Å². The summed E-state index contributed by atoms with van der Waals surface area (Å²) in [5.41, 5.74) is 0.773. The van der Waals surface area contributed by atoms with Gasteiger partial charge in [0.2, 0.25) is 0 Å². The molecule has 0 aromatic heterocycles. The first kappa shape index (κ1) is 16.6. The molecule has 1 aliphatic heterocycles. The van der Waals surface area contributed by atoms with Crippen molar-refractivity contribution in [2.75, 3.05) is 45.2 Å². The van der Waals surface area contributed by atoms with E-state index in [1.54, 1.807) is 7.11 Å². The second-order valence-corrected chi connectivity index (χ2v) is 5.70. The average Bonchev–Trinajstić information content (AvgIpc) is 2.56. The maximum atomic E-state index is 12.3. The number of amides is 2. The quantitative estimate of drug-likeness (QED) is 0.822. The third kappa shape index (κ3) is 4.91. The van der Waals surface area contributed by atoms with Gasteiger partial charge >= 0.3 is 6.03 Å². The maximum Gasteiger partial charge on any atom is 0.321 e. The van der Waals surface area contributed by atoms with Gasteiger partial charge in [-0.05, 0) is 25.1 Å². The number of anilines is 1. The van der Waals surface area contributed by atoms with Crippen LogP contribution in [-0.4, -0.2) is 55.7 Å². The van der Waals surface area contributed by atoms with Crippen molar-refractivity contribution in [2.24, 2.45) is 0 Å². The summed E-state index contributed by atoms with van der Waals surface area (Å²) in [6.45, 7) is 6.90. The van der Waals surface area contributed by atoms with Crippen molar-refractivity contribution in [3.8, 4) is 5.75 Å². The second kappa shape index (κ2) is 8.63. The number of hydrogen-bond donors (Lipinski definition) is 1. The van der Waals surface area contributed by atoms with Gasteiger partial charge in [0.1, 0.15) is 5.75 Å². The molecule has 122 valence electrons. The summed E-state index contributed by atoms with van der Waals surface area (Å²) >= 11 is 0. The van der Waals surface area contributed by atoms with Gasteiger partial charge in [-0.15, -0.1) is 0 Å². The highest BCUT2D eigenvalue weighted by Gasteiger charge is 2.20. The Kier molecular flexibility index (Phi) is 6.52. The van der Waals surface area contributed by atoms with Crippen LogP contribution in [0.15, 0.2) is 24.3 Å². The first-order valence-electron chi connectivity index (χ1n) is 8.15. The van der Waals surface area contributed by atoms with Crippen LogP contribution in [0.4, 0.5) is 10.5 Å². The minimum absolute atomic E-state index is 0.0264. The smallest absolute Gasteiger partial charge is 0.321 e. The number of piperazine rings is 1. The lowest BCUT2D eigenvalue weighted by Gasteiger charge is -2.34. The average molecular weight is 305 g/mol. The number of hydrogen-bond acceptors (Lipinski definition) is 3. The zero-order chi connectivity index (χ0) is 15.8. The molecule has 0 aliphatic carbocycles. The third-order valence-electron chi connectivity index (χ3n) is 4.06. The van der Waals surface area contributed by atoms with Gasteiger partial charge in [-0.2, -0.15) is 0 Å². The van der Waals surface area contributed by atoms with Gasteiger partial charge in [0, 0.05) is 37.9 Å². The normalized spacial score (nSPS) is 15.6. The van der Waals surface area contributed by atoms with Crippen LogP contribution in [0.25, 0.3) is 0 Å². The van der Waals surface area contributed by atoms with E-state index in [9.17, 15) is 4.79 Å². The number of benzene rings is 1. The Bertz CT molecular complexity index is 471. The molecule has 0 atom stereocenters. The number of carbonyl (C=O) groups excluding carboxylic acids is 1. The predicted octanol–water partition coefficient (Wildman–Crippen LogP) is 3.03. The first-order valence-corrected chi connectivity index (χ1v) is 8.15. The van der Waals surface area contributed by atoms with E-state index in [-0.39, 0.29) is 6.03 Å². The molecule has 2 amide bonds. The van der Waals surface area contributed by atoms with E-state index in [1.807, 2.05) is 29.2 Å². The molecule has 0 radical (unpaired) electrons. The number of ether oxygens (including phenoxy) is 1. The lowest BCUT2D eigenvalue weighted by atomic mass is 10.2. The number of carbonyl (C=O) groups is 1. The van der Waals surface area contributed by atoms with E-state index in [2.05, 4.69) is 17.1 Å². The maximum absolute atomic E-state index is 12.3. The highest BCUT2D eigenvalue weighted by atomic mass is 16.5. The Morgan fingerprint density at radius 2 is 2.00 bits per heavy atom. The minimum atomic E-state index is -0.0264. The molecule has 0 spiro atoms. The van der Waals surface area contributed by atoms with E-state index in [1.165, 1.54) is 19.3 Å². The highest BCUT2D eigenvalue weighted by Crippen LogP contribution is 2.17. The Labute approximate surface area is 133 Å². The summed E-state index contributed by atoms with van der Waals surface area (Å²) in [6.07, 6.45) is 3.80. The van der Waals surface area contributed by atoms with Crippen LogP contribution in [-0.2, 0) is 0 Å². The summed E-state index contributed by atoms with van der Waals surface area (Å²) in [6, 6.07) is 7.42. The zero-order valence-electron chi connectivity index (χ0n) is 13.7. The molecule has 1 saturated heterocycles. The molecule has 1 N–H and O–H groups in total. The van der Waals surface area contributed by atoms with Gasteiger partial charge in [0.25, 0.3) is 0 Å². The third-order valence-corrected chi connectivity index (χ3v) is 4.06. The molecule has 5 heteroatoms. The molecule has 1 aromatic carbocycles. The van der Waals surface area contributed by atoms with Crippen LogP contribution < -0.4 is 10.1 Å². The minimum Gasteiger partial charge on any atom is -0.497 e. The fourth-order valence-corrected chi connectivity index (χ4v) is 2.66. The highest BCUT2D eigenvalue weighted by molar-refractivity contribution is 5.89. The van der Waals surface area contributed by atoms with E-state index in [0.29, 0.717) is 0 Å². The van der Waals surface area contributed by atoms with Crippen LogP contribution in [0.5, 0.6) is 5.75 Å². The van der Waals surface area contributed by atoms with E-state index in [0.717, 1.165) is 44.2 Å². The van der Waals surface area contributed by atoms with Crippen LogP contribution in [0.3, 0.4) is 0 Å². The van der Waals surface area contributed by atoms with Crippen LogP contribution in [0, 0.1) is 0 Å². The largest absolute Gasteiger partial charge is 0.497 e. The zero-order valence-corrected chi connectivity index (χ0v) is 13.7. The molecule has 1 fully saturated rings. The second-order valence-electron chi connectivity index (χ2n) is 5.70. The van der Waals surface area contributed by atoms with Gasteiger partial charge in [-0.25, -0.2) is 4.79 Å². The van der Waals surface area contributed by atoms with Gasteiger partial charge in [-0.1, -0.05) is 25.8 Å². The number of nitrogens with one attached hydrogen (secondary N) is 1. The van der Waals surface area contributed by atoms with Crippen molar-refractivity contribution in [2.45, 2.75) is 26.2 Å². The lowest BCUT2D eigenvalue weighted by molar-refractivity contribution is 0.146. The predicted molar refractivity (Wildman–Crippen MR) is 89.6 cm³/mol. The number of nitrogens with zero attached hydrogens (tertiary/aromatic N) is 2. The van der Waals surface area contributed by atoms with E-state index < -0.39 is 0 Å². The van der Waals surface area contributed by atoms with Crippen molar-refractivity contribution in [1.82, 2.24) is 9.80 Å². The van der Waals surface area contributed by atoms with Crippen molar-refractivity contribution in [1.29, 1.82) is 0 Å². The Hall–Kier alpha value is -1.75. The fraction of sp³-hybridized carbons (Fsp3) is 0.588. The molecule has 0 saturated carbocycles. The number of methoxy groups -OCH3 is 1. The number of urea groups is 1. The molecule has 22 heavy (non-hydrogen) atoms. The Balaban J connectivity index is 1.77. The molecule has 5 nitrogen and oxygen atoms in total. The number of unbranched alkanes of at least 4 members (excludes halogenated alkanes) is 2. The Morgan fingerprint density at radius 1 is 1.23 bits per heavy atom. The fourth-order valence-electron chi connectivity index (χ4n) is 2.66. The van der Waals surface area contributed by atoms with Gasteiger partial charge < -0.3 is 15.0 Å².